The van der Waals surface area contributed by atoms with Gasteiger partial charge in [0.05, 0.1) is 5.69 Å². The third kappa shape index (κ3) is 3.85. The van der Waals surface area contributed by atoms with Crippen LogP contribution in [0.25, 0.3) is 5.13 Å². The van der Waals surface area contributed by atoms with Gasteiger partial charge in [-0.05, 0) is 24.6 Å². The average molecular weight is 367 g/mol. The van der Waals surface area contributed by atoms with Crippen molar-refractivity contribution in [3.05, 3.63) is 58.6 Å². The first kappa shape index (κ1) is 17.1. The molecule has 1 N–H and O–H groups in total. The normalized spacial score (nSPS) is 11.5. The van der Waals surface area contributed by atoms with Crippen LogP contribution in [-0.4, -0.2) is 25.7 Å². The van der Waals surface area contributed by atoms with E-state index in [0.29, 0.717) is 4.68 Å². The molecule has 0 aromatic carbocycles. The first-order chi connectivity index (χ1) is 11.8. The van der Waals surface area contributed by atoms with Crippen LogP contribution < -0.4 is 5.32 Å². The van der Waals surface area contributed by atoms with Crippen LogP contribution >= 0.6 is 11.3 Å². The molecule has 0 saturated heterocycles. The first-order valence-corrected chi connectivity index (χ1v) is 7.99. The van der Waals surface area contributed by atoms with E-state index >= 15 is 0 Å². The summed E-state index contributed by atoms with van der Waals surface area (Å²) >= 11 is 0.912. The van der Waals surface area contributed by atoms with Gasteiger partial charge in [0.25, 0.3) is 5.91 Å². The Morgan fingerprint density at radius 2 is 2.20 bits per heavy atom. The summed E-state index contributed by atoms with van der Waals surface area (Å²) in [6, 6.07) is 4.46. The van der Waals surface area contributed by atoms with Crippen LogP contribution in [0.15, 0.2) is 36.0 Å². The van der Waals surface area contributed by atoms with E-state index in [2.05, 4.69) is 20.4 Å². The van der Waals surface area contributed by atoms with Gasteiger partial charge in [0.1, 0.15) is 5.69 Å². The molecule has 1 amide bonds. The van der Waals surface area contributed by atoms with Crippen molar-refractivity contribution in [2.45, 2.75) is 19.6 Å². The second kappa shape index (κ2) is 6.63. The molecule has 25 heavy (non-hydrogen) atoms. The fraction of sp³-hybridized carbons (Fsp3) is 0.200. The van der Waals surface area contributed by atoms with Crippen molar-refractivity contribution >= 4 is 17.2 Å². The van der Waals surface area contributed by atoms with Crippen LogP contribution in [-0.2, 0) is 12.7 Å². The number of nitrogens with one attached hydrogen (secondary N) is 1. The van der Waals surface area contributed by atoms with Crippen LogP contribution in [0.2, 0.25) is 0 Å². The molecule has 130 valence electrons. The Kier molecular flexibility index (Phi) is 4.53. The Balaban J connectivity index is 1.78. The first-order valence-electron chi connectivity index (χ1n) is 7.11. The Bertz CT molecular complexity index is 888. The number of thiazole rings is 1. The van der Waals surface area contributed by atoms with Gasteiger partial charge >= 0.3 is 6.18 Å². The van der Waals surface area contributed by atoms with E-state index in [-0.39, 0.29) is 23.1 Å². The van der Waals surface area contributed by atoms with Crippen molar-refractivity contribution in [3.63, 3.8) is 0 Å². The predicted molar refractivity (Wildman–Crippen MR) is 84.4 cm³/mol. The van der Waals surface area contributed by atoms with Gasteiger partial charge in [-0.15, -0.1) is 11.3 Å². The number of carbonyl (C=O) groups is 1. The summed E-state index contributed by atoms with van der Waals surface area (Å²) in [6.07, 6.45) is -1.34. The van der Waals surface area contributed by atoms with Crippen molar-refractivity contribution in [3.8, 4) is 5.13 Å². The lowest BCUT2D eigenvalue weighted by atomic mass is 10.3. The highest BCUT2D eigenvalue weighted by atomic mass is 32.1. The summed E-state index contributed by atoms with van der Waals surface area (Å²) in [5.41, 5.74) is 0.116. The molecule has 0 radical (unpaired) electrons. The summed E-state index contributed by atoms with van der Waals surface area (Å²) in [6.45, 7) is 1.70. The Hall–Kier alpha value is -2.75. The van der Waals surface area contributed by atoms with E-state index in [1.165, 1.54) is 12.3 Å². The van der Waals surface area contributed by atoms with E-state index < -0.39 is 17.8 Å². The second-order valence-corrected chi connectivity index (χ2v) is 5.98. The van der Waals surface area contributed by atoms with Crippen LogP contribution in [0, 0.1) is 6.92 Å². The van der Waals surface area contributed by atoms with Crippen LogP contribution in [0.4, 0.5) is 13.2 Å². The quantitative estimate of drug-likeness (QED) is 0.769. The molecule has 0 fully saturated rings. The fourth-order valence-corrected chi connectivity index (χ4v) is 2.86. The number of nitrogens with zero attached hydrogens (tertiary/aromatic N) is 4. The SMILES string of the molecule is Cc1cc(C(F)(F)F)n(-c2nc(C(=O)NCc3cccnc3)cs2)n1. The third-order valence-corrected chi connectivity index (χ3v) is 4.02. The van der Waals surface area contributed by atoms with E-state index in [0.717, 1.165) is 23.0 Å². The number of hydrogen-bond donors (Lipinski definition) is 1. The van der Waals surface area contributed by atoms with Crippen molar-refractivity contribution < 1.29 is 18.0 Å². The maximum absolute atomic E-state index is 13.1. The topological polar surface area (TPSA) is 72.7 Å². The molecular weight excluding hydrogens is 355 g/mol. The van der Waals surface area contributed by atoms with Gasteiger partial charge in [-0.2, -0.15) is 18.3 Å². The monoisotopic (exact) mass is 367 g/mol. The lowest BCUT2D eigenvalue weighted by molar-refractivity contribution is -0.142. The molecule has 0 saturated carbocycles. The Morgan fingerprint density at radius 3 is 2.88 bits per heavy atom. The maximum Gasteiger partial charge on any atom is 0.433 e. The van der Waals surface area contributed by atoms with E-state index in [4.69, 9.17) is 0 Å². The van der Waals surface area contributed by atoms with Crippen LogP contribution in [0.1, 0.15) is 27.4 Å². The van der Waals surface area contributed by atoms with Gasteiger partial charge in [-0.25, -0.2) is 9.67 Å². The van der Waals surface area contributed by atoms with Crippen molar-refractivity contribution in [1.29, 1.82) is 0 Å². The molecule has 10 heteroatoms. The number of hydrogen-bond acceptors (Lipinski definition) is 5. The molecule has 0 spiro atoms. The van der Waals surface area contributed by atoms with Crippen LogP contribution in [0.3, 0.4) is 0 Å². The lowest BCUT2D eigenvalue weighted by Crippen LogP contribution is -2.23. The lowest BCUT2D eigenvalue weighted by Gasteiger charge is -2.07. The molecule has 0 unspecified atom stereocenters. The van der Waals surface area contributed by atoms with Crippen molar-refractivity contribution in [2.75, 3.05) is 0 Å². The number of carbonyl (C=O) groups excluding carboxylic acids is 1. The number of amides is 1. The highest BCUT2D eigenvalue weighted by Gasteiger charge is 2.36. The minimum absolute atomic E-state index is 0.0213. The van der Waals surface area contributed by atoms with E-state index in [1.54, 1.807) is 24.5 Å². The molecule has 0 atom stereocenters. The Morgan fingerprint density at radius 1 is 1.40 bits per heavy atom. The molecule has 6 nitrogen and oxygen atoms in total. The number of pyridine rings is 1. The molecule has 0 aliphatic carbocycles. The van der Waals surface area contributed by atoms with Crippen LogP contribution in [0.5, 0.6) is 0 Å². The maximum atomic E-state index is 13.1. The molecule has 3 aromatic rings. The number of aryl methyl sites for hydroxylation is 1. The van der Waals surface area contributed by atoms with Gasteiger partial charge in [-0.1, -0.05) is 6.07 Å². The van der Waals surface area contributed by atoms with E-state index in [1.807, 2.05) is 0 Å². The second-order valence-electron chi connectivity index (χ2n) is 5.14. The van der Waals surface area contributed by atoms with E-state index in [9.17, 15) is 18.0 Å². The van der Waals surface area contributed by atoms with Crippen molar-refractivity contribution in [2.24, 2.45) is 0 Å². The zero-order valence-electron chi connectivity index (χ0n) is 12.9. The fourth-order valence-electron chi connectivity index (χ4n) is 2.09. The number of aromatic nitrogens is 4. The zero-order valence-corrected chi connectivity index (χ0v) is 13.7. The van der Waals surface area contributed by atoms with Gasteiger partial charge in [0.15, 0.2) is 5.69 Å². The summed E-state index contributed by atoms with van der Waals surface area (Å²) < 4.78 is 39.9. The van der Waals surface area contributed by atoms with Gasteiger partial charge in [0.2, 0.25) is 5.13 Å². The smallest absolute Gasteiger partial charge is 0.347 e. The highest BCUT2D eigenvalue weighted by Crippen LogP contribution is 2.32. The minimum atomic E-state index is -4.56. The standard InChI is InChI=1S/C15H12F3N5OS/c1-9-5-12(15(16,17)18)23(22-9)14-21-11(8-25-14)13(24)20-7-10-3-2-4-19-6-10/h2-6,8H,7H2,1H3,(H,20,24). The molecular formula is C15H12F3N5OS. The highest BCUT2D eigenvalue weighted by molar-refractivity contribution is 7.12. The average Bonchev–Trinajstić information content (AvgIpc) is 3.19. The number of halogens is 3. The minimum Gasteiger partial charge on any atom is -0.347 e. The molecule has 3 rings (SSSR count). The third-order valence-electron chi connectivity index (χ3n) is 3.20. The molecule has 3 aromatic heterocycles. The summed E-state index contributed by atoms with van der Waals surface area (Å²) in [4.78, 5) is 20.0. The van der Waals surface area contributed by atoms with Gasteiger partial charge in [-0.3, -0.25) is 9.78 Å². The zero-order chi connectivity index (χ0) is 18.0. The molecule has 0 bridgehead atoms. The van der Waals surface area contributed by atoms with Crippen molar-refractivity contribution in [1.82, 2.24) is 25.1 Å². The molecule has 0 aliphatic rings. The summed E-state index contributed by atoms with van der Waals surface area (Å²) in [5, 5.41) is 7.83. The summed E-state index contributed by atoms with van der Waals surface area (Å²) in [5.74, 6) is -0.483. The number of alkyl halides is 3. The molecule has 3 heterocycles. The largest absolute Gasteiger partial charge is 0.433 e. The number of rotatable bonds is 4. The summed E-state index contributed by atoms with van der Waals surface area (Å²) in [7, 11) is 0. The van der Waals surface area contributed by atoms with Gasteiger partial charge < -0.3 is 5.32 Å². The Labute approximate surface area is 144 Å². The molecule has 0 aliphatic heterocycles. The van der Waals surface area contributed by atoms with Gasteiger partial charge in [0, 0.05) is 24.3 Å². The predicted octanol–water partition coefficient (Wildman–Crippen LogP) is 2.98.